The van der Waals surface area contributed by atoms with E-state index in [1.165, 1.54) is 6.20 Å². The molecule has 1 aromatic heterocycles. The summed E-state index contributed by atoms with van der Waals surface area (Å²) in [4.78, 5) is 11.6. The second-order valence-electron chi connectivity index (χ2n) is 2.16. The van der Waals surface area contributed by atoms with Crippen molar-refractivity contribution in [2.24, 2.45) is 5.73 Å². The normalized spacial score (nSPS) is 13.0. The molecule has 3 nitrogen and oxygen atoms in total. The van der Waals surface area contributed by atoms with Crippen LogP contribution in [-0.2, 0) is 0 Å². The molecule has 0 bridgehead atoms. The lowest BCUT2D eigenvalue weighted by atomic mass is 10.2. The largest absolute Gasteiger partial charge is 0.321 e. The zero-order valence-corrected chi connectivity index (χ0v) is 7.45. The molecule has 0 saturated heterocycles. The maximum absolute atomic E-state index is 11.2. The highest BCUT2D eigenvalue weighted by Gasteiger charge is 2.16. The molecule has 0 fully saturated rings. The van der Waals surface area contributed by atoms with Crippen LogP contribution in [0.25, 0.3) is 0 Å². The fraction of sp³-hybridized carbons (Fsp3) is 0.333. The third-order valence-corrected chi connectivity index (χ3v) is 2.38. The minimum Gasteiger partial charge on any atom is -0.321 e. The summed E-state index contributed by atoms with van der Waals surface area (Å²) in [5, 5.41) is 0.386. The summed E-state index contributed by atoms with van der Waals surface area (Å²) in [5.74, 6) is -0.155. The first-order valence-corrected chi connectivity index (χ1v) is 4.18. The minimum absolute atomic E-state index is 0.155. The van der Waals surface area contributed by atoms with Gasteiger partial charge in [-0.25, -0.2) is 0 Å². The van der Waals surface area contributed by atoms with Crippen molar-refractivity contribution in [1.82, 2.24) is 4.37 Å². The Bertz CT molecular complexity index is 271. The molecular formula is C6H7ClN2OS. The topological polar surface area (TPSA) is 56.0 Å². The van der Waals surface area contributed by atoms with Crippen molar-refractivity contribution in [1.29, 1.82) is 0 Å². The first-order valence-electron chi connectivity index (χ1n) is 3.03. The summed E-state index contributed by atoms with van der Waals surface area (Å²) in [6.45, 7) is 1.62. The van der Waals surface area contributed by atoms with Crippen LogP contribution in [0.1, 0.15) is 16.6 Å². The Morgan fingerprint density at radius 3 is 2.91 bits per heavy atom. The Kier molecular flexibility index (Phi) is 2.59. The van der Waals surface area contributed by atoms with E-state index in [9.17, 15) is 4.79 Å². The molecule has 0 radical (unpaired) electrons. The van der Waals surface area contributed by atoms with Gasteiger partial charge in [0.05, 0.1) is 17.3 Å². The maximum atomic E-state index is 11.2. The standard InChI is InChI=1S/C6H7ClN2OS/c1-3(8)5(10)6-4(7)2-9-11-6/h2-3H,8H2,1H3. The number of hydrogen-bond donors (Lipinski definition) is 1. The number of carbonyl (C=O) groups excluding carboxylic acids is 1. The van der Waals surface area contributed by atoms with E-state index in [2.05, 4.69) is 4.37 Å². The SMILES string of the molecule is CC(N)C(=O)c1sncc1Cl. The van der Waals surface area contributed by atoms with E-state index in [1.807, 2.05) is 0 Å². The first-order chi connectivity index (χ1) is 5.13. The lowest BCUT2D eigenvalue weighted by Gasteiger charge is -1.99. The van der Waals surface area contributed by atoms with E-state index in [0.717, 1.165) is 11.5 Å². The van der Waals surface area contributed by atoms with Crippen LogP contribution in [0, 0.1) is 0 Å². The molecule has 60 valence electrons. The van der Waals surface area contributed by atoms with Gasteiger partial charge in [-0.1, -0.05) is 11.6 Å². The molecule has 0 aliphatic rings. The fourth-order valence-electron chi connectivity index (χ4n) is 0.597. The number of rotatable bonds is 2. The number of Topliss-reactive ketones (excluding diaryl/α,β-unsaturated/α-hetero) is 1. The Morgan fingerprint density at radius 2 is 2.55 bits per heavy atom. The molecule has 11 heavy (non-hydrogen) atoms. The summed E-state index contributed by atoms with van der Waals surface area (Å²) in [6.07, 6.45) is 1.45. The number of nitrogens with two attached hydrogens (primary N) is 1. The van der Waals surface area contributed by atoms with Crippen molar-refractivity contribution in [3.8, 4) is 0 Å². The molecule has 1 aromatic rings. The maximum Gasteiger partial charge on any atom is 0.192 e. The number of halogens is 1. The van der Waals surface area contributed by atoms with Gasteiger partial charge in [-0.05, 0) is 18.5 Å². The fourth-order valence-corrected chi connectivity index (χ4v) is 1.58. The smallest absolute Gasteiger partial charge is 0.192 e. The molecule has 2 N–H and O–H groups in total. The average molecular weight is 191 g/mol. The Hall–Kier alpha value is -0.450. The highest BCUT2D eigenvalue weighted by molar-refractivity contribution is 7.08. The molecule has 5 heteroatoms. The van der Waals surface area contributed by atoms with Crippen LogP contribution in [0.4, 0.5) is 0 Å². The average Bonchev–Trinajstić information content (AvgIpc) is 2.33. The van der Waals surface area contributed by atoms with Crippen molar-refractivity contribution < 1.29 is 4.79 Å². The number of aromatic nitrogens is 1. The Morgan fingerprint density at radius 1 is 1.91 bits per heavy atom. The first kappa shape index (κ1) is 8.64. The predicted octanol–water partition coefficient (Wildman–Crippen LogP) is 1.33. The third-order valence-electron chi connectivity index (χ3n) is 1.16. The van der Waals surface area contributed by atoms with Gasteiger partial charge >= 0.3 is 0 Å². The quantitative estimate of drug-likeness (QED) is 0.716. The summed E-state index contributed by atoms with van der Waals surface area (Å²) >= 11 is 6.72. The van der Waals surface area contributed by atoms with Gasteiger partial charge in [0.15, 0.2) is 5.78 Å². The summed E-state index contributed by atoms with van der Waals surface area (Å²) in [7, 11) is 0. The van der Waals surface area contributed by atoms with Crippen LogP contribution < -0.4 is 5.73 Å². The molecule has 0 aromatic carbocycles. The Balaban J connectivity index is 2.93. The zero-order chi connectivity index (χ0) is 8.43. The van der Waals surface area contributed by atoms with Gasteiger partial charge in [0.25, 0.3) is 0 Å². The number of nitrogens with zero attached hydrogens (tertiary/aromatic N) is 1. The van der Waals surface area contributed by atoms with Crippen molar-refractivity contribution in [2.75, 3.05) is 0 Å². The lowest BCUT2D eigenvalue weighted by Crippen LogP contribution is -2.26. The second-order valence-corrected chi connectivity index (χ2v) is 3.36. The zero-order valence-electron chi connectivity index (χ0n) is 5.87. The highest BCUT2D eigenvalue weighted by Crippen LogP contribution is 2.20. The van der Waals surface area contributed by atoms with Crippen LogP contribution in [0.15, 0.2) is 6.20 Å². The van der Waals surface area contributed by atoms with E-state index in [0.29, 0.717) is 9.90 Å². The van der Waals surface area contributed by atoms with Crippen LogP contribution >= 0.6 is 23.1 Å². The molecular weight excluding hydrogens is 184 g/mol. The van der Waals surface area contributed by atoms with Crippen molar-refractivity contribution >= 4 is 28.9 Å². The Labute approximate surface area is 73.3 Å². The van der Waals surface area contributed by atoms with Crippen LogP contribution in [0.3, 0.4) is 0 Å². The molecule has 0 spiro atoms. The second kappa shape index (κ2) is 3.30. The van der Waals surface area contributed by atoms with Gasteiger partial charge in [-0.2, -0.15) is 4.37 Å². The summed E-state index contributed by atoms with van der Waals surface area (Å²) in [6, 6.07) is -0.507. The summed E-state index contributed by atoms with van der Waals surface area (Å²) < 4.78 is 3.76. The van der Waals surface area contributed by atoms with Crippen LogP contribution in [-0.4, -0.2) is 16.2 Å². The molecule has 1 heterocycles. The molecule has 0 aliphatic carbocycles. The van der Waals surface area contributed by atoms with Gasteiger partial charge in [0.2, 0.25) is 0 Å². The van der Waals surface area contributed by atoms with Crippen molar-refractivity contribution in [2.45, 2.75) is 13.0 Å². The number of hydrogen-bond acceptors (Lipinski definition) is 4. The molecule has 0 aliphatic heterocycles. The molecule has 0 saturated carbocycles. The predicted molar refractivity (Wildman–Crippen MR) is 45.1 cm³/mol. The number of carbonyl (C=O) groups is 1. The minimum atomic E-state index is -0.507. The van der Waals surface area contributed by atoms with Crippen LogP contribution in [0.2, 0.25) is 5.02 Å². The van der Waals surface area contributed by atoms with E-state index in [1.54, 1.807) is 6.92 Å². The van der Waals surface area contributed by atoms with E-state index < -0.39 is 6.04 Å². The van der Waals surface area contributed by atoms with Gasteiger partial charge in [-0.3, -0.25) is 4.79 Å². The van der Waals surface area contributed by atoms with E-state index in [4.69, 9.17) is 17.3 Å². The molecule has 1 rings (SSSR count). The summed E-state index contributed by atoms with van der Waals surface area (Å²) in [5.41, 5.74) is 5.37. The molecule has 1 atom stereocenters. The lowest BCUT2D eigenvalue weighted by molar-refractivity contribution is 0.0972. The van der Waals surface area contributed by atoms with Gasteiger partial charge in [-0.15, -0.1) is 0 Å². The van der Waals surface area contributed by atoms with Crippen molar-refractivity contribution in [3.63, 3.8) is 0 Å². The number of ketones is 1. The van der Waals surface area contributed by atoms with E-state index >= 15 is 0 Å². The molecule has 1 unspecified atom stereocenters. The monoisotopic (exact) mass is 190 g/mol. The van der Waals surface area contributed by atoms with Gasteiger partial charge in [0, 0.05) is 0 Å². The van der Waals surface area contributed by atoms with Gasteiger partial charge < -0.3 is 5.73 Å². The van der Waals surface area contributed by atoms with Gasteiger partial charge in [0.1, 0.15) is 4.88 Å². The van der Waals surface area contributed by atoms with Crippen molar-refractivity contribution in [3.05, 3.63) is 16.1 Å². The van der Waals surface area contributed by atoms with E-state index in [-0.39, 0.29) is 5.78 Å². The van der Waals surface area contributed by atoms with Crippen LogP contribution in [0.5, 0.6) is 0 Å². The highest BCUT2D eigenvalue weighted by atomic mass is 35.5. The molecule has 0 amide bonds. The third kappa shape index (κ3) is 1.77.